The molecule has 86 valence electrons. The summed E-state index contributed by atoms with van der Waals surface area (Å²) in [5.41, 5.74) is 5.65. The van der Waals surface area contributed by atoms with Crippen molar-refractivity contribution in [2.24, 2.45) is 17.6 Å². The molecule has 2 heterocycles. The quantitative estimate of drug-likeness (QED) is 0.712. The van der Waals surface area contributed by atoms with Crippen LogP contribution in [0.4, 0.5) is 0 Å². The van der Waals surface area contributed by atoms with Gasteiger partial charge in [-0.1, -0.05) is 0 Å². The summed E-state index contributed by atoms with van der Waals surface area (Å²) in [6.45, 7) is 4.99. The monoisotopic (exact) mass is 212 g/mol. The van der Waals surface area contributed by atoms with Crippen molar-refractivity contribution >= 4 is 5.91 Å². The van der Waals surface area contributed by atoms with E-state index in [-0.39, 0.29) is 11.8 Å². The highest BCUT2D eigenvalue weighted by Gasteiger charge is 2.36. The van der Waals surface area contributed by atoms with Crippen LogP contribution in [0.3, 0.4) is 0 Å². The molecule has 1 amide bonds. The third-order valence-corrected chi connectivity index (χ3v) is 3.56. The molecular weight excluding hydrogens is 192 g/mol. The Kier molecular flexibility index (Phi) is 3.26. The summed E-state index contributed by atoms with van der Waals surface area (Å²) in [7, 11) is 0. The van der Waals surface area contributed by atoms with Gasteiger partial charge in [-0.15, -0.1) is 0 Å². The van der Waals surface area contributed by atoms with Gasteiger partial charge >= 0.3 is 0 Å². The minimum Gasteiger partial charge on any atom is -0.381 e. The highest BCUT2D eigenvalue weighted by Crippen LogP contribution is 2.26. The summed E-state index contributed by atoms with van der Waals surface area (Å²) >= 11 is 0. The zero-order chi connectivity index (χ0) is 10.8. The molecule has 15 heavy (non-hydrogen) atoms. The lowest BCUT2D eigenvalue weighted by Gasteiger charge is -2.24. The van der Waals surface area contributed by atoms with E-state index < -0.39 is 0 Å². The van der Waals surface area contributed by atoms with E-state index in [1.165, 1.54) is 0 Å². The second-order valence-corrected chi connectivity index (χ2v) is 4.74. The van der Waals surface area contributed by atoms with Gasteiger partial charge < -0.3 is 15.4 Å². The van der Waals surface area contributed by atoms with Crippen molar-refractivity contribution < 1.29 is 9.53 Å². The number of ether oxygens (including phenoxy) is 1. The topological polar surface area (TPSA) is 55.6 Å². The lowest BCUT2D eigenvalue weighted by molar-refractivity contribution is -0.136. The number of nitrogens with zero attached hydrogens (tertiary/aromatic N) is 1. The third kappa shape index (κ3) is 2.16. The summed E-state index contributed by atoms with van der Waals surface area (Å²) in [5.74, 6) is 0.867. The minimum absolute atomic E-state index is 0.101. The SMILES string of the molecule is CC1CC(CN)CN1C(=O)C1CCOC1. The number of nitrogens with two attached hydrogens (primary N) is 1. The fraction of sp³-hybridized carbons (Fsp3) is 0.909. The first-order valence-corrected chi connectivity index (χ1v) is 5.80. The second kappa shape index (κ2) is 4.49. The van der Waals surface area contributed by atoms with Crippen LogP contribution in [-0.4, -0.2) is 43.2 Å². The molecule has 0 radical (unpaired) electrons. The van der Waals surface area contributed by atoms with E-state index in [1.54, 1.807) is 0 Å². The van der Waals surface area contributed by atoms with Crippen LogP contribution in [0.1, 0.15) is 19.8 Å². The Morgan fingerprint density at radius 1 is 1.60 bits per heavy atom. The Bertz CT molecular complexity index is 239. The maximum atomic E-state index is 12.1. The van der Waals surface area contributed by atoms with Gasteiger partial charge in [-0.3, -0.25) is 4.79 Å². The molecule has 0 saturated carbocycles. The predicted molar refractivity (Wildman–Crippen MR) is 57.3 cm³/mol. The van der Waals surface area contributed by atoms with Crippen molar-refractivity contribution in [2.75, 3.05) is 26.3 Å². The summed E-state index contributed by atoms with van der Waals surface area (Å²) in [5, 5.41) is 0. The molecule has 2 saturated heterocycles. The first-order valence-electron chi connectivity index (χ1n) is 5.80. The van der Waals surface area contributed by atoms with Crippen molar-refractivity contribution in [1.29, 1.82) is 0 Å². The smallest absolute Gasteiger partial charge is 0.228 e. The maximum Gasteiger partial charge on any atom is 0.228 e. The van der Waals surface area contributed by atoms with Crippen LogP contribution in [0, 0.1) is 11.8 Å². The molecular formula is C11H20N2O2. The molecule has 0 aromatic carbocycles. The van der Waals surface area contributed by atoms with Gasteiger partial charge in [0.05, 0.1) is 12.5 Å². The molecule has 0 aromatic rings. The molecule has 0 aromatic heterocycles. The third-order valence-electron chi connectivity index (χ3n) is 3.56. The van der Waals surface area contributed by atoms with E-state index in [0.717, 1.165) is 26.0 Å². The summed E-state index contributed by atoms with van der Waals surface area (Å²) < 4.78 is 5.25. The Hall–Kier alpha value is -0.610. The molecule has 0 bridgehead atoms. The van der Waals surface area contributed by atoms with Gasteiger partial charge in [0.1, 0.15) is 0 Å². The van der Waals surface area contributed by atoms with Gasteiger partial charge in [-0.05, 0) is 32.2 Å². The fourth-order valence-electron chi connectivity index (χ4n) is 2.58. The first-order chi connectivity index (χ1) is 7.22. The molecule has 2 rings (SSSR count). The van der Waals surface area contributed by atoms with Crippen molar-refractivity contribution in [1.82, 2.24) is 4.90 Å². The van der Waals surface area contributed by atoms with Crippen LogP contribution in [0.15, 0.2) is 0 Å². The van der Waals surface area contributed by atoms with Crippen LogP contribution in [0.25, 0.3) is 0 Å². The highest BCUT2D eigenvalue weighted by atomic mass is 16.5. The van der Waals surface area contributed by atoms with Gasteiger partial charge in [0, 0.05) is 19.2 Å². The molecule has 2 fully saturated rings. The molecule has 3 unspecified atom stereocenters. The van der Waals surface area contributed by atoms with Crippen molar-refractivity contribution in [3.05, 3.63) is 0 Å². The van der Waals surface area contributed by atoms with Crippen LogP contribution in [0.2, 0.25) is 0 Å². The molecule has 2 aliphatic heterocycles. The van der Waals surface area contributed by atoms with Crippen LogP contribution in [-0.2, 0) is 9.53 Å². The lowest BCUT2D eigenvalue weighted by atomic mass is 10.1. The molecule has 4 nitrogen and oxygen atoms in total. The number of rotatable bonds is 2. The number of amides is 1. The maximum absolute atomic E-state index is 12.1. The van der Waals surface area contributed by atoms with Crippen molar-refractivity contribution in [3.8, 4) is 0 Å². The van der Waals surface area contributed by atoms with Gasteiger partial charge in [0.2, 0.25) is 5.91 Å². The van der Waals surface area contributed by atoms with Crippen LogP contribution < -0.4 is 5.73 Å². The zero-order valence-corrected chi connectivity index (χ0v) is 9.32. The normalized spacial score (nSPS) is 36.1. The lowest BCUT2D eigenvalue weighted by Crippen LogP contribution is -2.39. The molecule has 4 heteroatoms. The summed E-state index contributed by atoms with van der Waals surface area (Å²) in [6, 6.07) is 0.353. The molecule has 0 aliphatic carbocycles. The molecule has 0 spiro atoms. The highest BCUT2D eigenvalue weighted by molar-refractivity contribution is 5.79. The van der Waals surface area contributed by atoms with E-state index >= 15 is 0 Å². The van der Waals surface area contributed by atoms with Gasteiger partial charge in [-0.2, -0.15) is 0 Å². The first kappa shape index (κ1) is 10.9. The Balaban J connectivity index is 1.95. The Labute approximate surface area is 90.8 Å². The minimum atomic E-state index is 0.101. The van der Waals surface area contributed by atoms with E-state index in [2.05, 4.69) is 6.92 Å². The van der Waals surface area contributed by atoms with Gasteiger partial charge in [0.15, 0.2) is 0 Å². The zero-order valence-electron chi connectivity index (χ0n) is 9.32. The van der Waals surface area contributed by atoms with Gasteiger partial charge in [0.25, 0.3) is 0 Å². The second-order valence-electron chi connectivity index (χ2n) is 4.74. The van der Waals surface area contributed by atoms with Crippen molar-refractivity contribution in [3.63, 3.8) is 0 Å². The Morgan fingerprint density at radius 2 is 2.40 bits per heavy atom. The van der Waals surface area contributed by atoms with Crippen LogP contribution in [0.5, 0.6) is 0 Å². The van der Waals surface area contributed by atoms with E-state index in [4.69, 9.17) is 10.5 Å². The average molecular weight is 212 g/mol. The van der Waals surface area contributed by atoms with Crippen molar-refractivity contribution in [2.45, 2.75) is 25.8 Å². The fourth-order valence-corrected chi connectivity index (χ4v) is 2.58. The van der Waals surface area contributed by atoms with Gasteiger partial charge in [-0.25, -0.2) is 0 Å². The molecule has 2 N–H and O–H groups in total. The number of carbonyl (C=O) groups excluding carboxylic acids is 1. The van der Waals surface area contributed by atoms with E-state index in [0.29, 0.717) is 25.1 Å². The molecule has 2 aliphatic rings. The summed E-state index contributed by atoms with van der Waals surface area (Å²) in [4.78, 5) is 14.1. The standard InChI is InChI=1S/C11H20N2O2/c1-8-4-9(5-12)6-13(8)11(14)10-2-3-15-7-10/h8-10H,2-7,12H2,1H3. The largest absolute Gasteiger partial charge is 0.381 e. The van der Waals surface area contributed by atoms with E-state index in [9.17, 15) is 4.79 Å². The summed E-state index contributed by atoms with van der Waals surface area (Å²) in [6.07, 6.45) is 1.94. The number of hydrogen-bond donors (Lipinski definition) is 1. The molecule has 3 atom stereocenters. The predicted octanol–water partition coefficient (Wildman–Crippen LogP) is 0.219. The number of likely N-dealkylation sites (tertiary alicyclic amines) is 1. The number of carbonyl (C=O) groups is 1. The van der Waals surface area contributed by atoms with E-state index in [1.807, 2.05) is 4.90 Å². The number of hydrogen-bond acceptors (Lipinski definition) is 3. The Morgan fingerprint density at radius 3 is 2.93 bits per heavy atom. The average Bonchev–Trinajstić information content (AvgIpc) is 2.85. The van der Waals surface area contributed by atoms with Crippen LogP contribution >= 0.6 is 0 Å².